The highest BCUT2D eigenvalue weighted by Gasteiger charge is 2.26. The van der Waals surface area contributed by atoms with E-state index in [1.54, 1.807) is 19.4 Å². The van der Waals surface area contributed by atoms with Crippen molar-refractivity contribution in [2.45, 2.75) is 18.2 Å². The van der Waals surface area contributed by atoms with Gasteiger partial charge in [-0.25, -0.2) is 4.79 Å². The van der Waals surface area contributed by atoms with Gasteiger partial charge in [0, 0.05) is 13.2 Å². The van der Waals surface area contributed by atoms with Gasteiger partial charge in [0.2, 0.25) is 0 Å². The summed E-state index contributed by atoms with van der Waals surface area (Å²) in [6.07, 6.45) is 1.82. The SMILES string of the molecule is CCc1nn(C)cc1S(=O)(=O)Oc1ccsc1C(=O)OC. The number of nitrogens with zero attached hydrogens (tertiary/aromatic N) is 2. The largest absolute Gasteiger partial charge is 0.465 e. The highest BCUT2D eigenvalue weighted by atomic mass is 32.2. The van der Waals surface area contributed by atoms with Crippen molar-refractivity contribution in [1.29, 1.82) is 0 Å². The molecule has 0 atom stereocenters. The van der Waals surface area contributed by atoms with Crippen LogP contribution in [-0.4, -0.2) is 31.3 Å². The van der Waals surface area contributed by atoms with Crippen molar-refractivity contribution in [3.63, 3.8) is 0 Å². The van der Waals surface area contributed by atoms with Crippen LogP contribution in [0.25, 0.3) is 0 Å². The molecule has 0 amide bonds. The fraction of sp³-hybridized carbons (Fsp3) is 0.333. The van der Waals surface area contributed by atoms with Crippen molar-refractivity contribution in [2.24, 2.45) is 7.05 Å². The summed E-state index contributed by atoms with van der Waals surface area (Å²) >= 11 is 1.05. The lowest BCUT2D eigenvalue weighted by Gasteiger charge is -2.06. The van der Waals surface area contributed by atoms with Crippen LogP contribution < -0.4 is 4.18 Å². The van der Waals surface area contributed by atoms with Crippen molar-refractivity contribution in [3.05, 3.63) is 28.2 Å². The maximum absolute atomic E-state index is 12.3. The molecule has 0 saturated heterocycles. The molecular formula is C12H14N2O5S2. The molecule has 2 aromatic heterocycles. The van der Waals surface area contributed by atoms with Crippen LogP contribution in [0.2, 0.25) is 0 Å². The Balaban J connectivity index is 2.38. The van der Waals surface area contributed by atoms with Gasteiger partial charge in [0.25, 0.3) is 0 Å². The van der Waals surface area contributed by atoms with Gasteiger partial charge < -0.3 is 8.92 Å². The minimum absolute atomic E-state index is 0.00508. The van der Waals surface area contributed by atoms with Crippen LogP contribution in [0.1, 0.15) is 22.3 Å². The Morgan fingerprint density at radius 1 is 1.48 bits per heavy atom. The molecule has 0 spiro atoms. The molecule has 0 aliphatic rings. The second-order valence-corrected chi connectivity index (χ2v) is 6.54. The van der Waals surface area contributed by atoms with Crippen LogP contribution in [0.4, 0.5) is 0 Å². The summed E-state index contributed by atoms with van der Waals surface area (Å²) in [7, 11) is -1.21. The number of carbonyl (C=O) groups is 1. The van der Waals surface area contributed by atoms with Crippen molar-refractivity contribution >= 4 is 27.4 Å². The van der Waals surface area contributed by atoms with E-state index >= 15 is 0 Å². The standard InChI is InChI=1S/C12H14N2O5S2/c1-4-8-10(7-14(2)13-8)21(16,17)19-9-5-6-20-11(9)12(15)18-3/h5-7H,4H2,1-3H3. The number of methoxy groups -OCH3 is 1. The molecule has 0 unspecified atom stereocenters. The first-order chi connectivity index (χ1) is 9.89. The number of hydrogen-bond donors (Lipinski definition) is 0. The first-order valence-electron chi connectivity index (χ1n) is 6.01. The Morgan fingerprint density at radius 3 is 2.81 bits per heavy atom. The molecule has 0 fully saturated rings. The third-order valence-electron chi connectivity index (χ3n) is 2.67. The number of ether oxygens (including phenoxy) is 1. The molecular weight excluding hydrogens is 316 g/mol. The zero-order chi connectivity index (χ0) is 15.6. The van der Waals surface area contributed by atoms with E-state index in [0.717, 1.165) is 11.3 Å². The summed E-state index contributed by atoms with van der Waals surface area (Å²) in [6.45, 7) is 1.80. The zero-order valence-corrected chi connectivity index (χ0v) is 13.3. The molecule has 0 radical (unpaired) electrons. The molecule has 0 aliphatic carbocycles. The highest BCUT2D eigenvalue weighted by Crippen LogP contribution is 2.29. The van der Waals surface area contributed by atoms with Gasteiger partial charge in [0.15, 0.2) is 10.6 Å². The molecule has 2 aromatic rings. The summed E-state index contributed by atoms with van der Waals surface area (Å²) < 4.78 is 35.7. The normalized spacial score (nSPS) is 11.4. The third kappa shape index (κ3) is 3.08. The molecule has 2 rings (SSSR count). The summed E-state index contributed by atoms with van der Waals surface area (Å²) in [6, 6.07) is 1.41. The van der Waals surface area contributed by atoms with Crippen LogP contribution in [0.3, 0.4) is 0 Å². The van der Waals surface area contributed by atoms with Gasteiger partial charge in [-0.05, 0) is 17.9 Å². The Morgan fingerprint density at radius 2 is 2.19 bits per heavy atom. The molecule has 21 heavy (non-hydrogen) atoms. The quantitative estimate of drug-likeness (QED) is 0.611. The molecule has 2 heterocycles. The van der Waals surface area contributed by atoms with E-state index in [0.29, 0.717) is 12.1 Å². The van der Waals surface area contributed by atoms with E-state index in [9.17, 15) is 13.2 Å². The minimum Gasteiger partial charge on any atom is -0.465 e. The van der Waals surface area contributed by atoms with Crippen molar-refractivity contribution < 1.29 is 22.1 Å². The highest BCUT2D eigenvalue weighted by molar-refractivity contribution is 7.87. The maximum atomic E-state index is 12.3. The Bertz CT molecular complexity index is 760. The summed E-state index contributed by atoms with van der Waals surface area (Å²) in [5.74, 6) is -0.685. The van der Waals surface area contributed by atoms with Gasteiger partial charge in [-0.2, -0.15) is 13.5 Å². The number of hydrogen-bond acceptors (Lipinski definition) is 7. The molecule has 9 heteroatoms. The Labute approximate surface area is 126 Å². The van der Waals surface area contributed by atoms with Crippen LogP contribution in [0.5, 0.6) is 5.75 Å². The minimum atomic E-state index is -4.05. The molecule has 114 valence electrons. The third-order valence-corrected chi connectivity index (χ3v) is 4.82. The van der Waals surface area contributed by atoms with Gasteiger partial charge in [0.05, 0.1) is 12.8 Å². The topological polar surface area (TPSA) is 87.5 Å². The zero-order valence-electron chi connectivity index (χ0n) is 11.7. The van der Waals surface area contributed by atoms with Crippen LogP contribution in [0, 0.1) is 0 Å². The fourth-order valence-corrected chi connectivity index (χ4v) is 3.74. The average molecular weight is 330 g/mol. The fourth-order valence-electron chi connectivity index (χ4n) is 1.73. The number of thiophene rings is 1. The lowest BCUT2D eigenvalue weighted by Crippen LogP contribution is -2.12. The van der Waals surface area contributed by atoms with Crippen LogP contribution in [0.15, 0.2) is 22.5 Å². The van der Waals surface area contributed by atoms with Gasteiger partial charge in [0.1, 0.15) is 4.90 Å². The van der Waals surface area contributed by atoms with E-state index < -0.39 is 16.1 Å². The Hall–Kier alpha value is -1.87. The second kappa shape index (κ2) is 5.86. The molecule has 0 N–H and O–H groups in total. The molecule has 0 aliphatic heterocycles. The van der Waals surface area contributed by atoms with Gasteiger partial charge in [-0.3, -0.25) is 4.68 Å². The maximum Gasteiger partial charge on any atom is 0.351 e. The van der Waals surface area contributed by atoms with E-state index in [1.165, 1.54) is 24.1 Å². The molecule has 7 nitrogen and oxygen atoms in total. The number of esters is 1. The second-order valence-electron chi connectivity index (χ2n) is 4.11. The molecule has 0 saturated carbocycles. The summed E-state index contributed by atoms with van der Waals surface area (Å²) in [4.78, 5) is 11.6. The molecule has 0 aromatic carbocycles. The van der Waals surface area contributed by atoms with Crippen LogP contribution >= 0.6 is 11.3 Å². The molecule has 0 bridgehead atoms. The Kier molecular flexibility index (Phi) is 4.33. The number of aromatic nitrogens is 2. The average Bonchev–Trinajstić information content (AvgIpc) is 3.04. The lowest BCUT2D eigenvalue weighted by molar-refractivity contribution is 0.0604. The van der Waals surface area contributed by atoms with Crippen LogP contribution in [-0.2, 0) is 28.3 Å². The smallest absolute Gasteiger partial charge is 0.351 e. The number of carbonyl (C=O) groups excluding carboxylic acids is 1. The van der Waals surface area contributed by atoms with E-state index in [-0.39, 0.29) is 15.5 Å². The van der Waals surface area contributed by atoms with Gasteiger partial charge in [-0.15, -0.1) is 11.3 Å². The predicted molar refractivity (Wildman–Crippen MR) is 76.1 cm³/mol. The van der Waals surface area contributed by atoms with Crippen molar-refractivity contribution in [2.75, 3.05) is 7.11 Å². The van der Waals surface area contributed by atoms with E-state index in [1.807, 2.05) is 0 Å². The van der Waals surface area contributed by atoms with E-state index in [4.69, 9.17) is 4.18 Å². The predicted octanol–water partition coefficient (Wildman–Crippen LogP) is 1.60. The summed E-state index contributed by atoms with van der Waals surface area (Å²) in [5.41, 5.74) is 0.410. The summed E-state index contributed by atoms with van der Waals surface area (Å²) in [5, 5.41) is 5.62. The van der Waals surface area contributed by atoms with Crippen molar-refractivity contribution in [3.8, 4) is 5.75 Å². The van der Waals surface area contributed by atoms with E-state index in [2.05, 4.69) is 9.84 Å². The first kappa shape index (κ1) is 15.5. The monoisotopic (exact) mass is 330 g/mol. The van der Waals surface area contributed by atoms with Gasteiger partial charge >= 0.3 is 16.1 Å². The number of aryl methyl sites for hydroxylation is 2. The first-order valence-corrected chi connectivity index (χ1v) is 8.30. The van der Waals surface area contributed by atoms with Gasteiger partial charge in [-0.1, -0.05) is 6.92 Å². The van der Waals surface area contributed by atoms with Crippen molar-refractivity contribution in [1.82, 2.24) is 9.78 Å². The number of rotatable bonds is 5. The lowest BCUT2D eigenvalue weighted by atomic mass is 10.3.